The predicted octanol–water partition coefficient (Wildman–Crippen LogP) is 2.96. The Bertz CT molecular complexity index is 448. The van der Waals surface area contributed by atoms with Crippen LogP contribution in [-0.4, -0.2) is 16.5 Å². The molecular weight excluding hydrogens is 238 g/mol. The van der Waals surface area contributed by atoms with Crippen LogP contribution in [0.25, 0.3) is 0 Å². The van der Waals surface area contributed by atoms with Crippen molar-refractivity contribution in [2.75, 3.05) is 5.73 Å². The highest BCUT2D eigenvalue weighted by Gasteiger charge is 2.28. The maximum atomic E-state index is 12.3. The van der Waals surface area contributed by atoms with Gasteiger partial charge in [0.05, 0.1) is 5.69 Å². The molecule has 1 heterocycles. The third kappa shape index (κ3) is 3.52. The standard InChI is InChI=1S/C15H25N3O/c1-4-10(2)7-11(3)17-15(19)14-8-12(16)9-18(14)13-5-6-13/h8-11,13H,4-7,16H2,1-3H3,(H,17,19). The van der Waals surface area contributed by atoms with Crippen LogP contribution in [0.2, 0.25) is 0 Å². The van der Waals surface area contributed by atoms with Gasteiger partial charge in [-0.05, 0) is 38.2 Å². The molecule has 1 aliphatic carbocycles. The van der Waals surface area contributed by atoms with Gasteiger partial charge in [-0.1, -0.05) is 20.3 Å². The summed E-state index contributed by atoms with van der Waals surface area (Å²) in [5.41, 5.74) is 7.19. The zero-order valence-electron chi connectivity index (χ0n) is 12.1. The van der Waals surface area contributed by atoms with Crippen LogP contribution in [0.15, 0.2) is 12.3 Å². The number of hydrogen-bond donors (Lipinski definition) is 2. The largest absolute Gasteiger partial charge is 0.397 e. The van der Waals surface area contributed by atoms with Crippen LogP contribution in [0.3, 0.4) is 0 Å². The fourth-order valence-electron chi connectivity index (χ4n) is 2.46. The molecule has 1 saturated carbocycles. The van der Waals surface area contributed by atoms with Gasteiger partial charge >= 0.3 is 0 Å². The van der Waals surface area contributed by atoms with E-state index in [1.54, 1.807) is 6.07 Å². The van der Waals surface area contributed by atoms with Crippen LogP contribution in [0, 0.1) is 5.92 Å². The number of hydrogen-bond acceptors (Lipinski definition) is 2. The number of amides is 1. The summed E-state index contributed by atoms with van der Waals surface area (Å²) in [6.07, 6.45) is 6.34. The van der Waals surface area contributed by atoms with Gasteiger partial charge < -0.3 is 15.6 Å². The lowest BCUT2D eigenvalue weighted by atomic mass is 10.0. The second-order valence-corrected chi connectivity index (χ2v) is 5.92. The van der Waals surface area contributed by atoms with Crippen LogP contribution in [0.4, 0.5) is 5.69 Å². The van der Waals surface area contributed by atoms with Gasteiger partial charge in [-0.15, -0.1) is 0 Å². The molecule has 0 radical (unpaired) electrons. The SMILES string of the molecule is CCC(C)CC(C)NC(=O)c1cc(N)cn1C1CC1. The van der Waals surface area contributed by atoms with Gasteiger partial charge in [0.1, 0.15) is 5.69 Å². The Hall–Kier alpha value is -1.45. The van der Waals surface area contributed by atoms with Gasteiger partial charge in [0.15, 0.2) is 0 Å². The third-order valence-corrected chi connectivity index (χ3v) is 3.87. The molecular formula is C15H25N3O. The molecule has 0 bridgehead atoms. The lowest BCUT2D eigenvalue weighted by molar-refractivity contribution is 0.0925. The second kappa shape index (κ2) is 5.68. The van der Waals surface area contributed by atoms with Gasteiger partial charge in [0.2, 0.25) is 0 Å². The average molecular weight is 263 g/mol. The van der Waals surface area contributed by atoms with Crippen molar-refractivity contribution in [3.63, 3.8) is 0 Å². The molecule has 4 nitrogen and oxygen atoms in total. The van der Waals surface area contributed by atoms with Gasteiger partial charge in [-0.2, -0.15) is 0 Å². The van der Waals surface area contributed by atoms with Crippen molar-refractivity contribution in [3.05, 3.63) is 18.0 Å². The normalized spacial score (nSPS) is 18.1. The van der Waals surface area contributed by atoms with Gasteiger partial charge in [-0.3, -0.25) is 4.79 Å². The summed E-state index contributed by atoms with van der Waals surface area (Å²) >= 11 is 0. The lowest BCUT2D eigenvalue weighted by Gasteiger charge is -2.18. The van der Waals surface area contributed by atoms with Gasteiger partial charge in [-0.25, -0.2) is 0 Å². The zero-order chi connectivity index (χ0) is 14.0. The van der Waals surface area contributed by atoms with Crippen LogP contribution >= 0.6 is 0 Å². The molecule has 0 saturated heterocycles. The summed E-state index contributed by atoms with van der Waals surface area (Å²) in [4.78, 5) is 12.3. The highest BCUT2D eigenvalue weighted by molar-refractivity contribution is 5.94. The molecule has 1 aromatic rings. The molecule has 1 amide bonds. The number of carbonyl (C=O) groups is 1. The lowest BCUT2D eigenvalue weighted by Crippen LogP contribution is -2.34. The Balaban J connectivity index is 1.99. The van der Waals surface area contributed by atoms with Crippen molar-refractivity contribution < 1.29 is 4.79 Å². The van der Waals surface area contributed by atoms with Crippen molar-refractivity contribution >= 4 is 11.6 Å². The van der Waals surface area contributed by atoms with E-state index in [2.05, 4.69) is 26.1 Å². The third-order valence-electron chi connectivity index (χ3n) is 3.87. The first kappa shape index (κ1) is 14.0. The molecule has 2 atom stereocenters. The van der Waals surface area contributed by atoms with Gasteiger partial charge in [0, 0.05) is 18.3 Å². The van der Waals surface area contributed by atoms with Crippen LogP contribution in [0.1, 0.15) is 63.0 Å². The number of rotatable bonds is 6. The molecule has 4 heteroatoms. The van der Waals surface area contributed by atoms with E-state index in [1.165, 1.54) is 0 Å². The molecule has 3 N–H and O–H groups in total. The smallest absolute Gasteiger partial charge is 0.268 e. The Morgan fingerprint density at radius 1 is 1.53 bits per heavy atom. The molecule has 2 rings (SSSR count). The van der Waals surface area contributed by atoms with Gasteiger partial charge in [0.25, 0.3) is 5.91 Å². The van der Waals surface area contributed by atoms with E-state index in [-0.39, 0.29) is 11.9 Å². The minimum absolute atomic E-state index is 0.000553. The molecule has 2 unspecified atom stereocenters. The topological polar surface area (TPSA) is 60.1 Å². The zero-order valence-corrected chi connectivity index (χ0v) is 12.1. The molecule has 1 aromatic heterocycles. The Labute approximate surface area is 115 Å². The van der Waals surface area contributed by atoms with Crippen molar-refractivity contribution in [1.82, 2.24) is 9.88 Å². The quantitative estimate of drug-likeness (QED) is 0.829. The summed E-state index contributed by atoms with van der Waals surface area (Å²) in [5, 5.41) is 3.08. The Morgan fingerprint density at radius 3 is 2.79 bits per heavy atom. The molecule has 19 heavy (non-hydrogen) atoms. The molecule has 1 fully saturated rings. The maximum Gasteiger partial charge on any atom is 0.268 e. The summed E-state index contributed by atoms with van der Waals surface area (Å²) in [6, 6.07) is 2.46. The first-order valence-corrected chi connectivity index (χ1v) is 7.29. The minimum atomic E-state index is -0.000553. The van der Waals surface area contributed by atoms with Crippen molar-refractivity contribution in [2.24, 2.45) is 5.92 Å². The van der Waals surface area contributed by atoms with Crippen LogP contribution < -0.4 is 11.1 Å². The number of nitrogens with two attached hydrogens (primary N) is 1. The summed E-state index contributed by atoms with van der Waals surface area (Å²) in [5.74, 6) is 0.634. The monoisotopic (exact) mass is 263 g/mol. The number of nitrogen functional groups attached to an aromatic ring is 1. The predicted molar refractivity (Wildman–Crippen MR) is 78.1 cm³/mol. The van der Waals surface area contributed by atoms with E-state index in [9.17, 15) is 4.79 Å². The van der Waals surface area contributed by atoms with E-state index in [0.717, 1.165) is 25.7 Å². The molecule has 1 aliphatic rings. The Morgan fingerprint density at radius 2 is 2.21 bits per heavy atom. The fraction of sp³-hybridized carbons (Fsp3) is 0.667. The van der Waals surface area contributed by atoms with Crippen molar-refractivity contribution in [2.45, 2.75) is 58.5 Å². The highest BCUT2D eigenvalue weighted by Crippen LogP contribution is 2.37. The van der Waals surface area contributed by atoms with E-state index in [0.29, 0.717) is 23.3 Å². The minimum Gasteiger partial charge on any atom is -0.397 e. The van der Waals surface area contributed by atoms with E-state index < -0.39 is 0 Å². The summed E-state index contributed by atoms with van der Waals surface area (Å²) < 4.78 is 2.03. The number of anilines is 1. The number of nitrogens with zero attached hydrogens (tertiary/aromatic N) is 1. The average Bonchev–Trinajstić information content (AvgIpc) is 3.11. The summed E-state index contributed by atoms with van der Waals surface area (Å²) in [7, 11) is 0. The number of nitrogens with one attached hydrogen (secondary N) is 1. The molecule has 0 spiro atoms. The van der Waals surface area contributed by atoms with E-state index >= 15 is 0 Å². The van der Waals surface area contributed by atoms with Crippen LogP contribution in [0.5, 0.6) is 0 Å². The van der Waals surface area contributed by atoms with Crippen molar-refractivity contribution in [1.29, 1.82) is 0 Å². The number of carbonyl (C=O) groups excluding carboxylic acids is 1. The highest BCUT2D eigenvalue weighted by atomic mass is 16.2. The second-order valence-electron chi connectivity index (χ2n) is 5.92. The Kier molecular flexibility index (Phi) is 4.17. The first-order chi connectivity index (χ1) is 9.01. The molecule has 0 aliphatic heterocycles. The van der Waals surface area contributed by atoms with E-state index in [1.807, 2.05) is 10.8 Å². The molecule has 106 valence electrons. The van der Waals surface area contributed by atoms with Crippen molar-refractivity contribution in [3.8, 4) is 0 Å². The fourth-order valence-corrected chi connectivity index (χ4v) is 2.46. The maximum absolute atomic E-state index is 12.3. The first-order valence-electron chi connectivity index (χ1n) is 7.29. The molecule has 0 aromatic carbocycles. The van der Waals surface area contributed by atoms with E-state index in [4.69, 9.17) is 5.73 Å². The number of aromatic nitrogens is 1. The summed E-state index contributed by atoms with van der Waals surface area (Å²) in [6.45, 7) is 6.46. The van der Waals surface area contributed by atoms with Crippen LogP contribution in [-0.2, 0) is 0 Å².